The van der Waals surface area contributed by atoms with Crippen molar-refractivity contribution in [3.63, 3.8) is 0 Å². The highest BCUT2D eigenvalue weighted by molar-refractivity contribution is 5.86. The number of fused-ring (bicyclic) bond motifs is 5. The predicted octanol–water partition coefficient (Wildman–Crippen LogP) is 19.8. The standard InChI is InChI=1S/C86H150N2O15/c1-11-15-19-23-25-31-43-68(41-29-21-17-13-3)83(96)99-58-35-27-33-46-80(93)101-65-72(103-81(94)47-34-28-36-59-100-84(97)69(42-30-22-18-14-4)44-32-26-24-20-16-12-2)62-87(10)57-60-98-79(92)48-38-45-77(89)88(63-78(90)91)64-82(95)102-71-53-55-85(8)70(61-71)49-50-73-75-52-51-74(67(7)40-37-39-66(5)6)86(75,9)56-54-76(73)85/h49,66-69,71-76H,11-48,50-65H2,1-10H3,(H,90,91)/t67-,68?,69?,71+,72?,73+,74?,75+,76?,85+,86-/m1/s1. The van der Waals surface area contributed by atoms with E-state index in [9.17, 15) is 43.5 Å². The highest BCUT2D eigenvalue weighted by Crippen LogP contribution is 2.67. The van der Waals surface area contributed by atoms with Crippen LogP contribution in [0.4, 0.5) is 0 Å². The van der Waals surface area contributed by atoms with Gasteiger partial charge in [0.05, 0.1) is 25.0 Å². The Morgan fingerprint density at radius 1 is 0.515 bits per heavy atom. The molecule has 0 spiro atoms. The third kappa shape index (κ3) is 35.4. The maximum Gasteiger partial charge on any atom is 0.325 e. The number of carbonyl (C=O) groups is 8. The summed E-state index contributed by atoms with van der Waals surface area (Å²) >= 11 is 0. The monoisotopic (exact) mass is 1450 g/mol. The fraction of sp³-hybridized carbons (Fsp3) is 0.884. The highest BCUT2D eigenvalue weighted by atomic mass is 16.6. The van der Waals surface area contributed by atoms with E-state index in [2.05, 4.69) is 68.4 Å². The molecule has 17 nitrogen and oxygen atoms in total. The number of ether oxygens (including phenoxy) is 6. The van der Waals surface area contributed by atoms with E-state index in [1.54, 1.807) is 7.05 Å². The Labute approximate surface area is 625 Å². The van der Waals surface area contributed by atoms with E-state index in [0.717, 1.165) is 138 Å². The number of hydrogen-bond donors (Lipinski definition) is 1. The number of hydrogen-bond acceptors (Lipinski definition) is 15. The van der Waals surface area contributed by atoms with Gasteiger partial charge in [-0.1, -0.05) is 222 Å². The molecule has 4 aliphatic rings. The minimum absolute atomic E-state index is 0.0189. The number of amides is 1. The van der Waals surface area contributed by atoms with Crippen LogP contribution in [0.1, 0.15) is 358 Å². The molecule has 103 heavy (non-hydrogen) atoms. The molecule has 1 N–H and O–H groups in total. The number of allylic oxidation sites excluding steroid dienone is 1. The molecule has 3 fully saturated rings. The fourth-order valence-corrected chi connectivity index (χ4v) is 17.9. The first kappa shape index (κ1) is 90.8. The van der Waals surface area contributed by atoms with E-state index in [1.165, 1.54) is 115 Å². The quantitative estimate of drug-likeness (QED) is 0.0259. The van der Waals surface area contributed by atoms with Crippen LogP contribution < -0.4 is 0 Å². The molecule has 4 rings (SSSR count). The van der Waals surface area contributed by atoms with Crippen molar-refractivity contribution in [1.82, 2.24) is 9.80 Å². The molecule has 0 aromatic rings. The van der Waals surface area contributed by atoms with Gasteiger partial charge in [0.25, 0.3) is 0 Å². The summed E-state index contributed by atoms with van der Waals surface area (Å²) in [6.45, 7) is 20.7. The van der Waals surface area contributed by atoms with Gasteiger partial charge in [0.15, 0.2) is 0 Å². The SMILES string of the molecule is CCCCCCCCC(CCCCCC)C(=O)OCCCCCC(=O)OCC(CN(C)CCOC(=O)CCCC(=O)N(CC(=O)O)CC(=O)O[C@H]1CC[C@@]2(C)C(=CC[C@@H]3C2CC[C@]2(C)C([C@H](C)CCCC(C)C)CC[C@@H]32)C1)OC(=O)CCCCCOC(=O)C(CCCCCC)CCCCCCCC. The minimum atomic E-state index is -1.26. The first-order chi connectivity index (χ1) is 49.6. The summed E-state index contributed by atoms with van der Waals surface area (Å²) < 4.78 is 34.8. The fourth-order valence-electron chi connectivity index (χ4n) is 17.9. The zero-order chi connectivity index (χ0) is 75.3. The van der Waals surface area contributed by atoms with Crippen molar-refractivity contribution < 1.29 is 71.9 Å². The molecular weight excluding hydrogens is 1300 g/mol. The normalized spacial score (nSPS) is 21.8. The molecular formula is C86H150N2O15. The molecule has 1 amide bonds. The molecule has 0 saturated heterocycles. The number of carboxylic acids is 1. The Morgan fingerprint density at radius 2 is 1.04 bits per heavy atom. The van der Waals surface area contributed by atoms with Crippen molar-refractivity contribution in [3.05, 3.63) is 11.6 Å². The van der Waals surface area contributed by atoms with Crippen LogP contribution in [0.25, 0.3) is 0 Å². The molecule has 3 saturated carbocycles. The number of likely N-dealkylation sites (N-methyl/N-ethyl adjacent to an activating group) is 1. The lowest BCUT2D eigenvalue weighted by atomic mass is 9.47. The van der Waals surface area contributed by atoms with Crippen molar-refractivity contribution in [1.29, 1.82) is 0 Å². The number of rotatable bonds is 60. The average molecular weight is 1450 g/mol. The van der Waals surface area contributed by atoms with E-state index >= 15 is 0 Å². The summed E-state index contributed by atoms with van der Waals surface area (Å²) in [6, 6.07) is 0. The van der Waals surface area contributed by atoms with Gasteiger partial charge in [-0.3, -0.25) is 43.3 Å². The highest BCUT2D eigenvalue weighted by Gasteiger charge is 2.59. The first-order valence-electron chi connectivity index (χ1n) is 42.5. The molecule has 5 unspecified atom stereocenters. The van der Waals surface area contributed by atoms with Crippen molar-refractivity contribution in [3.8, 4) is 0 Å². The number of esters is 6. The summed E-state index contributed by atoms with van der Waals surface area (Å²) in [6.07, 6.45) is 44.1. The van der Waals surface area contributed by atoms with Gasteiger partial charge in [0, 0.05) is 45.2 Å². The third-order valence-electron chi connectivity index (χ3n) is 24.1. The molecule has 0 radical (unpaired) electrons. The van der Waals surface area contributed by atoms with E-state index in [4.69, 9.17) is 28.4 Å². The second kappa shape index (κ2) is 52.5. The van der Waals surface area contributed by atoms with Crippen LogP contribution in [0, 0.1) is 58.2 Å². The van der Waals surface area contributed by atoms with Gasteiger partial charge in [-0.25, -0.2) is 0 Å². The van der Waals surface area contributed by atoms with E-state index < -0.39 is 54.9 Å². The average Bonchev–Trinajstić information content (AvgIpc) is 1.66. The topological polar surface area (TPSA) is 219 Å². The lowest BCUT2D eigenvalue weighted by Crippen LogP contribution is -2.51. The van der Waals surface area contributed by atoms with Gasteiger partial charge in [-0.2, -0.15) is 0 Å². The molecule has 0 aromatic carbocycles. The number of carboxylic acid groups (broad SMARTS) is 1. The molecule has 0 bridgehead atoms. The summed E-state index contributed by atoms with van der Waals surface area (Å²) in [5.41, 5.74) is 1.84. The van der Waals surface area contributed by atoms with E-state index in [1.807, 2.05) is 4.90 Å². The molecule has 4 aliphatic carbocycles. The van der Waals surface area contributed by atoms with Gasteiger partial charge in [0.2, 0.25) is 5.91 Å². The largest absolute Gasteiger partial charge is 0.480 e. The van der Waals surface area contributed by atoms with Crippen molar-refractivity contribution in [2.24, 2.45) is 58.2 Å². The summed E-state index contributed by atoms with van der Waals surface area (Å²) in [7, 11) is 1.77. The van der Waals surface area contributed by atoms with Crippen molar-refractivity contribution >= 4 is 47.7 Å². The number of unbranched alkanes of at least 4 members (excludes halogenated alkanes) is 20. The zero-order valence-electron chi connectivity index (χ0n) is 67.1. The molecule has 11 atom stereocenters. The molecule has 0 heterocycles. The lowest BCUT2D eigenvalue weighted by Gasteiger charge is -2.58. The molecule has 0 aliphatic heterocycles. The van der Waals surface area contributed by atoms with Gasteiger partial charge < -0.3 is 38.4 Å². The lowest BCUT2D eigenvalue weighted by molar-refractivity contribution is -0.160. The Kier molecular flexibility index (Phi) is 46.3. The van der Waals surface area contributed by atoms with Crippen LogP contribution in [-0.4, -0.2) is 134 Å². The van der Waals surface area contributed by atoms with Gasteiger partial charge in [-0.15, -0.1) is 0 Å². The van der Waals surface area contributed by atoms with Crippen LogP contribution in [-0.2, 0) is 66.8 Å². The molecule has 594 valence electrons. The predicted molar refractivity (Wildman–Crippen MR) is 410 cm³/mol. The number of carbonyl (C=O) groups excluding carboxylic acids is 7. The summed E-state index contributed by atoms with van der Waals surface area (Å²) in [5.74, 6) is 0.0698. The van der Waals surface area contributed by atoms with E-state index in [0.29, 0.717) is 75.4 Å². The zero-order valence-corrected chi connectivity index (χ0v) is 67.1. The summed E-state index contributed by atoms with van der Waals surface area (Å²) in [4.78, 5) is 108. The second-order valence-corrected chi connectivity index (χ2v) is 33.1. The van der Waals surface area contributed by atoms with Crippen LogP contribution in [0.2, 0.25) is 0 Å². The number of nitrogens with zero attached hydrogens (tertiary/aromatic N) is 2. The van der Waals surface area contributed by atoms with E-state index in [-0.39, 0.29) is 93.7 Å². The van der Waals surface area contributed by atoms with Crippen LogP contribution >= 0.6 is 0 Å². The smallest absolute Gasteiger partial charge is 0.325 e. The van der Waals surface area contributed by atoms with Gasteiger partial charge in [0.1, 0.15) is 38.5 Å². The maximum absolute atomic E-state index is 13.5. The summed E-state index contributed by atoms with van der Waals surface area (Å²) in [5, 5.41) is 9.78. The Morgan fingerprint density at radius 3 is 1.60 bits per heavy atom. The van der Waals surface area contributed by atoms with Crippen LogP contribution in [0.15, 0.2) is 11.6 Å². The Hall–Kier alpha value is -4.54. The van der Waals surface area contributed by atoms with Crippen LogP contribution in [0.5, 0.6) is 0 Å². The minimum Gasteiger partial charge on any atom is -0.480 e. The molecule has 0 aromatic heterocycles. The van der Waals surface area contributed by atoms with Gasteiger partial charge in [-0.05, 0) is 169 Å². The number of aliphatic carboxylic acids is 1. The van der Waals surface area contributed by atoms with Crippen molar-refractivity contribution in [2.45, 2.75) is 370 Å². The second-order valence-electron chi connectivity index (χ2n) is 33.1. The third-order valence-corrected chi connectivity index (χ3v) is 24.1. The maximum atomic E-state index is 13.5. The molecule has 17 heteroatoms. The first-order valence-corrected chi connectivity index (χ1v) is 42.5. The Bertz CT molecular complexity index is 2450. The van der Waals surface area contributed by atoms with Gasteiger partial charge >= 0.3 is 41.8 Å². The van der Waals surface area contributed by atoms with Crippen molar-refractivity contribution in [2.75, 3.05) is 59.7 Å². The Balaban J connectivity index is 1.23. The van der Waals surface area contributed by atoms with Crippen LogP contribution in [0.3, 0.4) is 0 Å².